The summed E-state index contributed by atoms with van der Waals surface area (Å²) in [5.74, 6) is -0.853. The smallest absolute Gasteiger partial charge is 0.267 e. The lowest BCUT2D eigenvalue weighted by atomic mass is 10.1. The molecule has 6 nitrogen and oxygen atoms in total. The van der Waals surface area contributed by atoms with Crippen molar-refractivity contribution in [3.63, 3.8) is 0 Å². The van der Waals surface area contributed by atoms with E-state index < -0.39 is 11.7 Å². The molecule has 1 saturated heterocycles. The fourth-order valence-corrected chi connectivity index (χ4v) is 3.47. The van der Waals surface area contributed by atoms with Gasteiger partial charge in [0.25, 0.3) is 5.56 Å². The lowest BCUT2D eigenvalue weighted by Gasteiger charge is -2.19. The number of carbonyl (C=O) groups excluding carboxylic acids is 1. The molecule has 3 aromatic rings. The number of aromatic nitrogens is 2. The van der Waals surface area contributed by atoms with E-state index in [1.165, 1.54) is 18.2 Å². The first-order chi connectivity index (χ1) is 14.1. The first-order valence-corrected chi connectivity index (χ1v) is 9.57. The van der Waals surface area contributed by atoms with E-state index in [2.05, 4.69) is 15.3 Å². The Bertz CT molecular complexity index is 1080. The summed E-state index contributed by atoms with van der Waals surface area (Å²) in [4.78, 5) is 26.7. The van der Waals surface area contributed by atoms with Gasteiger partial charge in [-0.15, -0.1) is 0 Å². The number of anilines is 2. The molecule has 7 heteroatoms. The maximum Gasteiger partial charge on any atom is 0.267 e. The fraction of sp³-hybridized carbons (Fsp3) is 0.227. The molecule has 29 heavy (non-hydrogen) atoms. The average molecular weight is 392 g/mol. The van der Waals surface area contributed by atoms with Crippen molar-refractivity contribution >= 4 is 17.3 Å². The lowest BCUT2D eigenvalue weighted by Crippen LogP contribution is -2.29. The number of nitrogens with one attached hydrogen (secondary N) is 1. The minimum absolute atomic E-state index is 0.255. The summed E-state index contributed by atoms with van der Waals surface area (Å²) in [6.07, 6.45) is 2.15. The normalized spacial score (nSPS) is 13.5. The van der Waals surface area contributed by atoms with Gasteiger partial charge >= 0.3 is 0 Å². The Kier molecular flexibility index (Phi) is 5.37. The largest absolute Gasteiger partial charge is 0.371 e. The predicted octanol–water partition coefficient (Wildman–Crippen LogP) is 3.29. The Morgan fingerprint density at radius 1 is 1.03 bits per heavy atom. The quantitative estimate of drug-likeness (QED) is 0.724. The Balaban J connectivity index is 1.51. The predicted molar refractivity (Wildman–Crippen MR) is 110 cm³/mol. The van der Waals surface area contributed by atoms with Gasteiger partial charge in [-0.05, 0) is 37.1 Å². The van der Waals surface area contributed by atoms with E-state index in [-0.39, 0.29) is 12.1 Å². The third kappa shape index (κ3) is 4.51. The molecule has 4 rings (SSSR count). The van der Waals surface area contributed by atoms with E-state index in [1.54, 1.807) is 12.1 Å². The molecule has 0 saturated carbocycles. The number of rotatable bonds is 5. The minimum Gasteiger partial charge on any atom is -0.371 e. The molecule has 148 valence electrons. The molecule has 0 atom stereocenters. The van der Waals surface area contributed by atoms with Crippen molar-refractivity contribution in [3.05, 3.63) is 76.8 Å². The third-order valence-corrected chi connectivity index (χ3v) is 4.87. The molecule has 0 bridgehead atoms. The molecule has 1 amide bonds. The molecule has 0 aliphatic carbocycles. The Morgan fingerprint density at radius 3 is 2.55 bits per heavy atom. The molecular weight excluding hydrogens is 371 g/mol. The fourth-order valence-electron chi connectivity index (χ4n) is 3.47. The molecule has 1 fully saturated rings. The van der Waals surface area contributed by atoms with Crippen LogP contribution >= 0.6 is 0 Å². The molecule has 2 heterocycles. The second-order valence-electron chi connectivity index (χ2n) is 7.02. The van der Waals surface area contributed by atoms with Crippen LogP contribution < -0.4 is 15.8 Å². The number of halogens is 1. The van der Waals surface area contributed by atoms with Crippen molar-refractivity contribution in [2.24, 2.45) is 0 Å². The Morgan fingerprint density at radius 2 is 1.79 bits per heavy atom. The van der Waals surface area contributed by atoms with Gasteiger partial charge in [0.2, 0.25) is 5.91 Å². The van der Waals surface area contributed by atoms with Gasteiger partial charge in [-0.25, -0.2) is 9.07 Å². The molecule has 2 aromatic carbocycles. The second kappa shape index (κ2) is 8.26. The van der Waals surface area contributed by atoms with Crippen molar-refractivity contribution in [1.82, 2.24) is 9.78 Å². The van der Waals surface area contributed by atoms with E-state index in [9.17, 15) is 14.0 Å². The monoisotopic (exact) mass is 392 g/mol. The Hall–Kier alpha value is -3.48. The van der Waals surface area contributed by atoms with Crippen LogP contribution in [0.5, 0.6) is 0 Å². The van der Waals surface area contributed by atoms with Gasteiger partial charge < -0.3 is 10.2 Å². The SMILES string of the molecule is O=C(Cn1nc(-c2ccccc2)ccc1=O)Nc1cc(F)cc(N2CCCC2)c1. The third-order valence-electron chi connectivity index (χ3n) is 4.87. The molecule has 1 N–H and O–H groups in total. The lowest BCUT2D eigenvalue weighted by molar-refractivity contribution is -0.117. The summed E-state index contributed by atoms with van der Waals surface area (Å²) in [5.41, 5.74) is 2.18. The summed E-state index contributed by atoms with van der Waals surface area (Å²) in [6, 6.07) is 16.9. The average Bonchev–Trinajstić information content (AvgIpc) is 3.25. The molecule has 1 aromatic heterocycles. The molecule has 1 aliphatic rings. The molecular formula is C22H21FN4O2. The zero-order chi connectivity index (χ0) is 20.2. The van der Waals surface area contributed by atoms with Crippen molar-refractivity contribution in [1.29, 1.82) is 0 Å². The van der Waals surface area contributed by atoms with Crippen LogP contribution in [-0.2, 0) is 11.3 Å². The van der Waals surface area contributed by atoms with Gasteiger partial charge in [-0.3, -0.25) is 9.59 Å². The topological polar surface area (TPSA) is 67.2 Å². The maximum absolute atomic E-state index is 14.0. The molecule has 0 unspecified atom stereocenters. The van der Waals surface area contributed by atoms with E-state index in [4.69, 9.17) is 0 Å². The standard InChI is InChI=1S/C22H21FN4O2/c23-17-12-18(14-19(13-17)26-10-4-5-11-26)24-21(28)15-27-22(29)9-8-20(25-27)16-6-2-1-3-7-16/h1-3,6-9,12-14H,4-5,10-11,15H2,(H,24,28). The van der Waals surface area contributed by atoms with E-state index in [0.717, 1.165) is 41.9 Å². The zero-order valence-electron chi connectivity index (χ0n) is 15.8. The summed E-state index contributed by atoms with van der Waals surface area (Å²) < 4.78 is 15.1. The number of nitrogens with zero attached hydrogens (tertiary/aromatic N) is 3. The highest BCUT2D eigenvalue weighted by Gasteiger charge is 2.15. The van der Waals surface area contributed by atoms with Crippen molar-refractivity contribution in [3.8, 4) is 11.3 Å². The van der Waals surface area contributed by atoms with Gasteiger partial charge in [-0.1, -0.05) is 30.3 Å². The number of benzene rings is 2. The van der Waals surface area contributed by atoms with Crippen LogP contribution in [0.4, 0.5) is 15.8 Å². The van der Waals surface area contributed by atoms with E-state index >= 15 is 0 Å². The minimum atomic E-state index is -0.442. The molecule has 1 aliphatic heterocycles. The van der Waals surface area contributed by atoms with Crippen LogP contribution in [0.2, 0.25) is 0 Å². The van der Waals surface area contributed by atoms with Gasteiger partial charge in [0.15, 0.2) is 0 Å². The van der Waals surface area contributed by atoms with Crippen LogP contribution in [0, 0.1) is 5.82 Å². The first-order valence-electron chi connectivity index (χ1n) is 9.57. The highest BCUT2D eigenvalue weighted by molar-refractivity contribution is 5.91. The number of hydrogen-bond donors (Lipinski definition) is 1. The van der Waals surface area contributed by atoms with Crippen LogP contribution in [0.15, 0.2) is 65.5 Å². The van der Waals surface area contributed by atoms with Crippen molar-refractivity contribution in [2.75, 3.05) is 23.3 Å². The highest BCUT2D eigenvalue weighted by atomic mass is 19.1. The van der Waals surface area contributed by atoms with E-state index in [1.807, 2.05) is 30.3 Å². The van der Waals surface area contributed by atoms with Gasteiger partial charge in [0.1, 0.15) is 12.4 Å². The number of carbonyl (C=O) groups is 1. The molecule has 0 radical (unpaired) electrons. The zero-order valence-corrected chi connectivity index (χ0v) is 15.8. The Labute approximate surface area is 167 Å². The number of hydrogen-bond acceptors (Lipinski definition) is 4. The van der Waals surface area contributed by atoms with Crippen LogP contribution in [-0.4, -0.2) is 28.8 Å². The summed E-state index contributed by atoms with van der Waals surface area (Å²) >= 11 is 0. The first kappa shape index (κ1) is 18.9. The maximum atomic E-state index is 14.0. The molecule has 0 spiro atoms. The van der Waals surface area contributed by atoms with Gasteiger partial charge in [0, 0.05) is 36.1 Å². The van der Waals surface area contributed by atoms with Crippen molar-refractivity contribution < 1.29 is 9.18 Å². The van der Waals surface area contributed by atoms with Crippen molar-refractivity contribution in [2.45, 2.75) is 19.4 Å². The summed E-state index contributed by atoms with van der Waals surface area (Å²) in [6.45, 7) is 1.50. The second-order valence-corrected chi connectivity index (χ2v) is 7.02. The van der Waals surface area contributed by atoms with Gasteiger partial charge in [-0.2, -0.15) is 5.10 Å². The highest BCUT2D eigenvalue weighted by Crippen LogP contribution is 2.25. The van der Waals surface area contributed by atoms with Crippen LogP contribution in [0.3, 0.4) is 0 Å². The summed E-state index contributed by atoms with van der Waals surface area (Å²) in [5, 5.41) is 6.96. The van der Waals surface area contributed by atoms with Crippen LogP contribution in [0.1, 0.15) is 12.8 Å². The van der Waals surface area contributed by atoms with E-state index in [0.29, 0.717) is 11.4 Å². The van der Waals surface area contributed by atoms with Gasteiger partial charge in [0.05, 0.1) is 5.69 Å². The summed E-state index contributed by atoms with van der Waals surface area (Å²) in [7, 11) is 0. The number of amides is 1. The van der Waals surface area contributed by atoms with Crippen LogP contribution in [0.25, 0.3) is 11.3 Å².